The van der Waals surface area contributed by atoms with E-state index >= 15 is 0 Å². The topological polar surface area (TPSA) is 58.1 Å². The van der Waals surface area contributed by atoms with Gasteiger partial charge in [0.25, 0.3) is 0 Å². The summed E-state index contributed by atoms with van der Waals surface area (Å²) >= 11 is 0. The van der Waals surface area contributed by atoms with Crippen molar-refractivity contribution in [1.29, 1.82) is 0 Å². The van der Waals surface area contributed by atoms with Crippen LogP contribution in [-0.2, 0) is 17.8 Å². The molecule has 1 aliphatic heterocycles. The molecule has 1 aromatic heterocycles. The summed E-state index contributed by atoms with van der Waals surface area (Å²) in [5.41, 5.74) is 3.49. The number of hydrogen-bond donors (Lipinski definition) is 1. The Labute approximate surface area is 144 Å². The van der Waals surface area contributed by atoms with Gasteiger partial charge < -0.3 is 10.2 Å². The number of hydrogen-bond acceptors (Lipinski definition) is 4. The Morgan fingerprint density at radius 1 is 1.20 bits per heavy atom. The van der Waals surface area contributed by atoms with Crippen molar-refractivity contribution >= 4 is 28.3 Å². The third-order valence-electron chi connectivity index (χ3n) is 4.47. The highest BCUT2D eigenvalue weighted by atomic mass is 19.1. The van der Waals surface area contributed by atoms with E-state index in [0.29, 0.717) is 17.4 Å². The molecule has 0 bridgehead atoms. The van der Waals surface area contributed by atoms with Gasteiger partial charge in [0, 0.05) is 31.1 Å². The molecule has 5 nitrogen and oxygen atoms in total. The molecule has 3 aromatic rings. The molecule has 0 radical (unpaired) electrons. The smallest absolute Gasteiger partial charge is 0.221 e. The number of carbonyl (C=O) groups is 1. The molecule has 126 valence electrons. The van der Waals surface area contributed by atoms with Crippen LogP contribution in [0.2, 0.25) is 0 Å². The number of nitrogens with one attached hydrogen (secondary N) is 1. The molecule has 25 heavy (non-hydrogen) atoms. The number of aromatic nitrogens is 2. The van der Waals surface area contributed by atoms with Crippen molar-refractivity contribution in [1.82, 2.24) is 9.97 Å². The number of para-hydroxylation sites is 1. The zero-order valence-corrected chi connectivity index (χ0v) is 13.8. The van der Waals surface area contributed by atoms with Crippen LogP contribution >= 0.6 is 0 Å². The monoisotopic (exact) mass is 336 g/mol. The van der Waals surface area contributed by atoms with E-state index < -0.39 is 0 Å². The average molecular weight is 336 g/mol. The van der Waals surface area contributed by atoms with Gasteiger partial charge in [-0.3, -0.25) is 4.79 Å². The maximum absolute atomic E-state index is 14.0. The fourth-order valence-electron chi connectivity index (χ4n) is 3.39. The highest BCUT2D eigenvalue weighted by Gasteiger charge is 2.22. The van der Waals surface area contributed by atoms with Gasteiger partial charge >= 0.3 is 0 Å². The Morgan fingerprint density at radius 3 is 2.88 bits per heavy atom. The summed E-state index contributed by atoms with van der Waals surface area (Å²) in [6, 6.07) is 10.8. The maximum atomic E-state index is 14.0. The fourth-order valence-corrected chi connectivity index (χ4v) is 3.39. The zero-order valence-electron chi connectivity index (χ0n) is 13.8. The molecule has 0 saturated carbocycles. The Morgan fingerprint density at radius 2 is 2.04 bits per heavy atom. The molecule has 1 amide bonds. The first-order valence-corrected chi connectivity index (χ1v) is 8.16. The SMILES string of the molecule is CC(=O)Nc1cccc2c1CCN(c1ncnc3c(F)cccc13)C2. The predicted molar refractivity (Wildman–Crippen MR) is 95.0 cm³/mol. The van der Waals surface area contributed by atoms with Gasteiger partial charge in [0.2, 0.25) is 5.91 Å². The van der Waals surface area contributed by atoms with Crippen LogP contribution in [0.3, 0.4) is 0 Å². The van der Waals surface area contributed by atoms with E-state index in [-0.39, 0.29) is 11.7 Å². The fraction of sp³-hybridized carbons (Fsp3) is 0.211. The summed E-state index contributed by atoms with van der Waals surface area (Å²) < 4.78 is 14.0. The molecule has 0 unspecified atom stereocenters. The van der Waals surface area contributed by atoms with Gasteiger partial charge in [-0.05, 0) is 35.7 Å². The molecule has 0 fully saturated rings. The van der Waals surface area contributed by atoms with Gasteiger partial charge in [-0.15, -0.1) is 0 Å². The van der Waals surface area contributed by atoms with Crippen LogP contribution in [0.4, 0.5) is 15.9 Å². The summed E-state index contributed by atoms with van der Waals surface area (Å²) in [6.07, 6.45) is 2.19. The van der Waals surface area contributed by atoms with Crippen LogP contribution in [0, 0.1) is 5.82 Å². The predicted octanol–water partition coefficient (Wildman–Crippen LogP) is 3.29. The molecule has 1 aliphatic rings. The standard InChI is InChI=1S/C19H17FN4O/c1-12(25)23-17-7-2-4-13-10-24(9-8-14(13)17)19-15-5-3-6-16(20)18(15)21-11-22-19/h2-7,11H,8-10H2,1H3,(H,23,25). The van der Waals surface area contributed by atoms with E-state index in [9.17, 15) is 9.18 Å². The third kappa shape index (κ3) is 2.80. The van der Waals surface area contributed by atoms with Crippen molar-refractivity contribution in [3.63, 3.8) is 0 Å². The number of carbonyl (C=O) groups excluding carboxylic acids is 1. The molecular formula is C19H17FN4O. The largest absolute Gasteiger partial charge is 0.351 e. The van der Waals surface area contributed by atoms with Crippen LogP contribution in [0.1, 0.15) is 18.1 Å². The second kappa shape index (κ2) is 6.12. The van der Waals surface area contributed by atoms with E-state index in [2.05, 4.69) is 26.3 Å². The van der Waals surface area contributed by atoms with Crippen molar-refractivity contribution in [2.75, 3.05) is 16.8 Å². The van der Waals surface area contributed by atoms with Crippen molar-refractivity contribution in [2.24, 2.45) is 0 Å². The molecule has 2 aromatic carbocycles. The highest BCUT2D eigenvalue weighted by Crippen LogP contribution is 2.31. The number of halogens is 1. The van der Waals surface area contributed by atoms with E-state index in [4.69, 9.17) is 0 Å². The summed E-state index contributed by atoms with van der Waals surface area (Å²) in [5.74, 6) is 0.319. The first-order valence-electron chi connectivity index (χ1n) is 8.16. The van der Waals surface area contributed by atoms with Gasteiger partial charge in [-0.1, -0.05) is 18.2 Å². The lowest BCUT2D eigenvalue weighted by atomic mass is 9.97. The lowest BCUT2D eigenvalue weighted by molar-refractivity contribution is -0.114. The Balaban J connectivity index is 1.72. The lowest BCUT2D eigenvalue weighted by Gasteiger charge is -2.31. The second-order valence-electron chi connectivity index (χ2n) is 6.13. The molecule has 0 saturated heterocycles. The zero-order chi connectivity index (χ0) is 17.4. The number of nitrogens with zero attached hydrogens (tertiary/aromatic N) is 3. The van der Waals surface area contributed by atoms with Crippen LogP contribution < -0.4 is 10.2 Å². The quantitative estimate of drug-likeness (QED) is 0.780. The van der Waals surface area contributed by atoms with Crippen LogP contribution in [0.15, 0.2) is 42.7 Å². The molecule has 0 spiro atoms. The van der Waals surface area contributed by atoms with Gasteiger partial charge in [0.15, 0.2) is 0 Å². The van der Waals surface area contributed by atoms with Crippen molar-refractivity contribution in [3.05, 3.63) is 59.7 Å². The number of amides is 1. The highest BCUT2D eigenvalue weighted by molar-refractivity contribution is 5.91. The molecule has 0 atom stereocenters. The average Bonchev–Trinajstić information content (AvgIpc) is 2.61. The number of fused-ring (bicyclic) bond motifs is 2. The maximum Gasteiger partial charge on any atom is 0.221 e. The first kappa shape index (κ1) is 15.5. The molecule has 4 rings (SSSR count). The molecule has 1 N–H and O–H groups in total. The number of rotatable bonds is 2. The number of benzene rings is 2. The summed E-state index contributed by atoms with van der Waals surface area (Å²) in [7, 11) is 0. The van der Waals surface area contributed by atoms with Gasteiger partial charge in [0.1, 0.15) is 23.5 Å². The Bertz CT molecular complexity index is 973. The van der Waals surface area contributed by atoms with Crippen molar-refractivity contribution < 1.29 is 9.18 Å². The molecular weight excluding hydrogens is 319 g/mol. The summed E-state index contributed by atoms with van der Waals surface area (Å²) in [4.78, 5) is 22.0. The minimum absolute atomic E-state index is 0.0758. The van der Waals surface area contributed by atoms with Gasteiger partial charge in [0.05, 0.1) is 0 Å². The van der Waals surface area contributed by atoms with E-state index in [0.717, 1.165) is 35.6 Å². The Kier molecular flexibility index (Phi) is 3.80. The molecule has 0 aliphatic carbocycles. The summed E-state index contributed by atoms with van der Waals surface area (Å²) in [6.45, 7) is 2.91. The minimum Gasteiger partial charge on any atom is -0.351 e. The normalized spacial score (nSPS) is 13.6. The first-order chi connectivity index (χ1) is 12.1. The lowest BCUT2D eigenvalue weighted by Crippen LogP contribution is -2.32. The van der Waals surface area contributed by atoms with Gasteiger partial charge in [-0.2, -0.15) is 0 Å². The van der Waals surface area contributed by atoms with E-state index in [1.165, 1.54) is 19.3 Å². The molecule has 2 heterocycles. The minimum atomic E-state index is -0.341. The summed E-state index contributed by atoms with van der Waals surface area (Å²) in [5, 5.41) is 3.60. The second-order valence-corrected chi connectivity index (χ2v) is 6.13. The Hall–Kier alpha value is -3.02. The van der Waals surface area contributed by atoms with Crippen LogP contribution in [0.25, 0.3) is 10.9 Å². The number of anilines is 2. The van der Waals surface area contributed by atoms with Crippen LogP contribution in [0.5, 0.6) is 0 Å². The van der Waals surface area contributed by atoms with E-state index in [1.54, 1.807) is 6.07 Å². The third-order valence-corrected chi connectivity index (χ3v) is 4.47. The van der Waals surface area contributed by atoms with Crippen molar-refractivity contribution in [3.8, 4) is 0 Å². The van der Waals surface area contributed by atoms with Crippen molar-refractivity contribution in [2.45, 2.75) is 19.9 Å². The molecule has 6 heteroatoms. The van der Waals surface area contributed by atoms with Gasteiger partial charge in [-0.25, -0.2) is 14.4 Å². The van der Waals surface area contributed by atoms with E-state index in [1.807, 2.05) is 18.2 Å². The van der Waals surface area contributed by atoms with Crippen LogP contribution in [-0.4, -0.2) is 22.4 Å².